The first kappa shape index (κ1) is 11.3. The van der Waals surface area contributed by atoms with E-state index < -0.39 is 17.0 Å². The van der Waals surface area contributed by atoms with Crippen LogP contribution in [0.5, 0.6) is 0 Å². The van der Waals surface area contributed by atoms with Crippen LogP contribution in [-0.4, -0.2) is 9.13 Å². The third kappa shape index (κ3) is 1.91. The van der Waals surface area contributed by atoms with Gasteiger partial charge in [-0.25, -0.2) is 9.18 Å². The second-order valence-corrected chi connectivity index (χ2v) is 3.87. The van der Waals surface area contributed by atoms with Crippen LogP contribution < -0.4 is 11.2 Å². The van der Waals surface area contributed by atoms with Crippen LogP contribution in [0, 0.1) is 18.2 Å². The Bertz CT molecular complexity index is 668. The van der Waals surface area contributed by atoms with Crippen molar-refractivity contribution in [3.63, 3.8) is 0 Å². The number of rotatable bonds is 1. The molecule has 4 nitrogen and oxygen atoms in total. The summed E-state index contributed by atoms with van der Waals surface area (Å²) in [7, 11) is 1.37. The van der Waals surface area contributed by atoms with Crippen molar-refractivity contribution < 1.29 is 4.39 Å². The van der Waals surface area contributed by atoms with Crippen LogP contribution in [0.4, 0.5) is 4.39 Å². The zero-order valence-electron chi connectivity index (χ0n) is 9.57. The highest BCUT2D eigenvalue weighted by atomic mass is 19.1. The standard InChI is InChI=1S/C12H12FN3O/c1-8-3-5-9(6-4-8)16-7-10(13)11(14)15(2)12(16)17/h3-7,14H,1-2H3. The molecule has 5 heteroatoms. The Balaban J connectivity index is 2.73. The van der Waals surface area contributed by atoms with Gasteiger partial charge in [0, 0.05) is 7.05 Å². The average Bonchev–Trinajstić information content (AvgIpc) is 2.32. The van der Waals surface area contributed by atoms with E-state index in [9.17, 15) is 9.18 Å². The van der Waals surface area contributed by atoms with Crippen molar-refractivity contribution in [1.29, 1.82) is 5.41 Å². The van der Waals surface area contributed by atoms with E-state index in [0.717, 1.165) is 16.3 Å². The summed E-state index contributed by atoms with van der Waals surface area (Å²) in [4.78, 5) is 11.9. The fraction of sp³-hybridized carbons (Fsp3) is 0.167. The number of hydrogen-bond donors (Lipinski definition) is 1. The molecule has 1 aromatic heterocycles. The Morgan fingerprint density at radius 2 is 1.82 bits per heavy atom. The first-order valence-electron chi connectivity index (χ1n) is 5.10. The summed E-state index contributed by atoms with van der Waals surface area (Å²) in [6.07, 6.45) is 1.04. The van der Waals surface area contributed by atoms with Crippen LogP contribution in [0.1, 0.15) is 5.56 Å². The highest BCUT2D eigenvalue weighted by Gasteiger charge is 2.06. The normalized spacial score (nSPS) is 10.5. The van der Waals surface area contributed by atoms with Crippen LogP contribution >= 0.6 is 0 Å². The second kappa shape index (κ2) is 4.01. The van der Waals surface area contributed by atoms with Crippen molar-refractivity contribution in [2.75, 3.05) is 0 Å². The van der Waals surface area contributed by atoms with Crippen LogP contribution in [0.25, 0.3) is 5.69 Å². The van der Waals surface area contributed by atoms with Gasteiger partial charge in [-0.3, -0.25) is 14.5 Å². The van der Waals surface area contributed by atoms with Gasteiger partial charge in [-0.2, -0.15) is 0 Å². The molecule has 0 saturated heterocycles. The number of nitrogens with one attached hydrogen (secondary N) is 1. The maximum Gasteiger partial charge on any atom is 0.334 e. The lowest BCUT2D eigenvalue weighted by Crippen LogP contribution is -2.38. The van der Waals surface area contributed by atoms with Crippen molar-refractivity contribution in [1.82, 2.24) is 9.13 Å². The quantitative estimate of drug-likeness (QED) is 0.788. The van der Waals surface area contributed by atoms with Crippen LogP contribution in [0.3, 0.4) is 0 Å². The maximum atomic E-state index is 13.4. The third-order valence-electron chi connectivity index (χ3n) is 2.61. The van der Waals surface area contributed by atoms with Gasteiger partial charge >= 0.3 is 5.69 Å². The van der Waals surface area contributed by atoms with Crippen LogP contribution in [0.15, 0.2) is 35.3 Å². The van der Waals surface area contributed by atoms with Gasteiger partial charge < -0.3 is 0 Å². The topological polar surface area (TPSA) is 50.8 Å². The van der Waals surface area contributed by atoms with Crippen LogP contribution in [-0.2, 0) is 7.05 Å². The van der Waals surface area contributed by atoms with E-state index in [-0.39, 0.29) is 0 Å². The minimum absolute atomic E-state index is 0.418. The van der Waals surface area contributed by atoms with Gasteiger partial charge in [0.25, 0.3) is 0 Å². The van der Waals surface area contributed by atoms with E-state index >= 15 is 0 Å². The number of aromatic nitrogens is 2. The van der Waals surface area contributed by atoms with Crippen molar-refractivity contribution >= 4 is 0 Å². The molecular formula is C12H12FN3O. The number of hydrogen-bond acceptors (Lipinski definition) is 2. The number of benzene rings is 1. The molecule has 2 rings (SSSR count). The number of aryl methyl sites for hydroxylation is 1. The highest BCUT2D eigenvalue weighted by molar-refractivity contribution is 5.34. The lowest BCUT2D eigenvalue weighted by Gasteiger charge is -2.08. The molecule has 0 aliphatic rings. The van der Waals surface area contributed by atoms with E-state index in [1.54, 1.807) is 12.1 Å². The van der Waals surface area contributed by atoms with Gasteiger partial charge in [0.05, 0.1) is 11.9 Å². The Hall–Kier alpha value is -2.17. The monoisotopic (exact) mass is 233 g/mol. The summed E-state index contributed by atoms with van der Waals surface area (Å²) >= 11 is 0. The van der Waals surface area contributed by atoms with Gasteiger partial charge in [-0.05, 0) is 19.1 Å². The molecule has 0 amide bonds. The largest absolute Gasteiger partial charge is 0.334 e. The molecule has 0 aliphatic carbocycles. The molecule has 0 radical (unpaired) electrons. The summed E-state index contributed by atoms with van der Waals surface area (Å²) in [5, 5.41) is 7.35. The van der Waals surface area contributed by atoms with Crippen molar-refractivity contribution in [3.8, 4) is 5.69 Å². The minimum Gasteiger partial charge on any atom is -0.282 e. The lowest BCUT2D eigenvalue weighted by molar-refractivity contribution is 0.542. The van der Waals surface area contributed by atoms with E-state index in [1.165, 1.54) is 11.6 Å². The molecule has 0 bridgehead atoms. The average molecular weight is 233 g/mol. The number of nitrogens with zero attached hydrogens (tertiary/aromatic N) is 2. The smallest absolute Gasteiger partial charge is 0.282 e. The molecule has 88 valence electrons. The van der Waals surface area contributed by atoms with E-state index in [4.69, 9.17) is 5.41 Å². The first-order chi connectivity index (χ1) is 8.00. The molecule has 1 aromatic carbocycles. The zero-order chi connectivity index (χ0) is 12.6. The molecule has 1 N–H and O–H groups in total. The predicted octanol–water partition coefficient (Wildman–Crippen LogP) is 1.10. The summed E-state index contributed by atoms with van der Waals surface area (Å²) in [6.45, 7) is 1.93. The van der Waals surface area contributed by atoms with Crippen LogP contribution in [0.2, 0.25) is 0 Å². The first-order valence-corrected chi connectivity index (χ1v) is 5.10. The molecule has 17 heavy (non-hydrogen) atoms. The lowest BCUT2D eigenvalue weighted by atomic mass is 10.2. The van der Waals surface area contributed by atoms with E-state index in [1.807, 2.05) is 19.1 Å². The molecule has 0 atom stereocenters. The molecule has 2 aromatic rings. The molecule has 0 aliphatic heterocycles. The van der Waals surface area contributed by atoms with E-state index in [2.05, 4.69) is 0 Å². The maximum absolute atomic E-state index is 13.4. The molecule has 0 saturated carbocycles. The summed E-state index contributed by atoms with van der Waals surface area (Å²) < 4.78 is 15.6. The SMILES string of the molecule is Cc1ccc(-n2cc(F)c(=N)n(C)c2=O)cc1. The van der Waals surface area contributed by atoms with Crippen molar-refractivity contribution in [2.24, 2.45) is 7.05 Å². The zero-order valence-corrected chi connectivity index (χ0v) is 9.57. The molecule has 0 spiro atoms. The summed E-state index contributed by atoms with van der Waals surface area (Å²) in [5.41, 5.74) is 0.775. The Morgan fingerprint density at radius 3 is 2.41 bits per heavy atom. The Labute approximate surface area is 97.1 Å². The summed E-state index contributed by atoms with van der Waals surface area (Å²) in [6, 6.07) is 7.15. The van der Waals surface area contributed by atoms with Gasteiger partial charge in [0.1, 0.15) is 0 Å². The minimum atomic E-state index is -0.729. The van der Waals surface area contributed by atoms with Gasteiger partial charge in [-0.1, -0.05) is 17.7 Å². The van der Waals surface area contributed by atoms with Gasteiger partial charge in [-0.15, -0.1) is 0 Å². The highest BCUT2D eigenvalue weighted by Crippen LogP contribution is 2.06. The molecule has 0 fully saturated rings. The van der Waals surface area contributed by atoms with E-state index in [0.29, 0.717) is 5.69 Å². The molecule has 0 unspecified atom stereocenters. The van der Waals surface area contributed by atoms with Crippen molar-refractivity contribution in [2.45, 2.75) is 6.92 Å². The number of halogens is 1. The Kier molecular flexibility index (Phi) is 2.67. The Morgan fingerprint density at radius 1 is 1.24 bits per heavy atom. The summed E-state index contributed by atoms with van der Waals surface area (Å²) in [5.74, 6) is -0.729. The fourth-order valence-electron chi connectivity index (χ4n) is 1.54. The van der Waals surface area contributed by atoms with Crippen molar-refractivity contribution in [3.05, 3.63) is 57.8 Å². The van der Waals surface area contributed by atoms with Gasteiger partial charge in [0.2, 0.25) is 0 Å². The second-order valence-electron chi connectivity index (χ2n) is 3.87. The third-order valence-corrected chi connectivity index (χ3v) is 2.61. The molecular weight excluding hydrogens is 221 g/mol. The molecule has 1 heterocycles. The van der Waals surface area contributed by atoms with Gasteiger partial charge in [0.15, 0.2) is 11.3 Å². The predicted molar refractivity (Wildman–Crippen MR) is 61.6 cm³/mol. The fourth-order valence-corrected chi connectivity index (χ4v) is 1.54.